The van der Waals surface area contributed by atoms with E-state index in [9.17, 15) is 0 Å². The van der Waals surface area contributed by atoms with E-state index in [2.05, 4.69) is 6.08 Å². The van der Waals surface area contributed by atoms with Crippen LogP contribution >= 0.6 is 0 Å². The van der Waals surface area contributed by atoms with Gasteiger partial charge in [0.2, 0.25) is 0 Å². The van der Waals surface area contributed by atoms with Gasteiger partial charge in [-0.1, -0.05) is 44.3 Å². The number of aliphatic hydroxyl groups excluding tert-OH is 1. The van der Waals surface area contributed by atoms with E-state index >= 15 is 0 Å². The predicted molar refractivity (Wildman–Crippen MR) is 52.0 cm³/mol. The van der Waals surface area contributed by atoms with Crippen LogP contribution in [0.15, 0.2) is 12.2 Å². The Kier molecular flexibility index (Phi) is 5.09. The van der Waals surface area contributed by atoms with Gasteiger partial charge in [-0.3, -0.25) is 0 Å². The monoisotopic (exact) mass is 168 g/mol. The number of allylic oxidation sites excluding steroid dienone is 1. The van der Waals surface area contributed by atoms with Gasteiger partial charge in [0, 0.05) is 0 Å². The van der Waals surface area contributed by atoms with Crippen LogP contribution < -0.4 is 0 Å². The molecular weight excluding hydrogens is 148 g/mol. The van der Waals surface area contributed by atoms with Gasteiger partial charge in [-0.25, -0.2) is 0 Å². The molecule has 0 aromatic rings. The van der Waals surface area contributed by atoms with Crippen molar-refractivity contribution in [3.05, 3.63) is 12.2 Å². The second-order valence-corrected chi connectivity index (χ2v) is 3.74. The Hall–Kier alpha value is -0.300. The van der Waals surface area contributed by atoms with Crippen molar-refractivity contribution in [3.63, 3.8) is 0 Å². The third kappa shape index (κ3) is 3.91. The van der Waals surface area contributed by atoms with E-state index in [1.54, 1.807) is 0 Å². The zero-order chi connectivity index (χ0) is 8.65. The fourth-order valence-electron chi connectivity index (χ4n) is 2.00. The third-order valence-corrected chi connectivity index (χ3v) is 2.74. The van der Waals surface area contributed by atoms with Crippen molar-refractivity contribution in [2.24, 2.45) is 5.92 Å². The van der Waals surface area contributed by atoms with Gasteiger partial charge in [0.05, 0.1) is 6.61 Å². The van der Waals surface area contributed by atoms with Gasteiger partial charge in [-0.05, 0) is 18.8 Å². The molecule has 1 nitrogen and oxygen atoms in total. The van der Waals surface area contributed by atoms with Crippen molar-refractivity contribution >= 4 is 0 Å². The average molecular weight is 168 g/mol. The molecule has 1 saturated carbocycles. The molecule has 1 rings (SSSR count). The van der Waals surface area contributed by atoms with Crippen LogP contribution in [0.4, 0.5) is 0 Å². The molecule has 0 radical (unpaired) electrons. The molecule has 0 aromatic heterocycles. The Morgan fingerprint density at radius 1 is 1.08 bits per heavy atom. The van der Waals surface area contributed by atoms with Crippen LogP contribution in [0.5, 0.6) is 0 Å². The van der Waals surface area contributed by atoms with E-state index in [1.165, 1.54) is 38.5 Å². The summed E-state index contributed by atoms with van der Waals surface area (Å²) in [7, 11) is 0. The van der Waals surface area contributed by atoms with Crippen LogP contribution in [0.1, 0.15) is 44.9 Å². The molecule has 12 heavy (non-hydrogen) atoms. The second-order valence-electron chi connectivity index (χ2n) is 3.74. The van der Waals surface area contributed by atoms with Gasteiger partial charge in [0.25, 0.3) is 0 Å². The molecular formula is C11H20O. The van der Waals surface area contributed by atoms with Gasteiger partial charge in [0.1, 0.15) is 0 Å². The fourth-order valence-corrected chi connectivity index (χ4v) is 2.00. The lowest BCUT2D eigenvalue weighted by Crippen LogP contribution is -2.05. The Morgan fingerprint density at radius 3 is 2.50 bits per heavy atom. The molecule has 0 unspecified atom stereocenters. The molecule has 0 bridgehead atoms. The van der Waals surface area contributed by atoms with Crippen LogP contribution in [0.25, 0.3) is 0 Å². The molecule has 0 aliphatic heterocycles. The van der Waals surface area contributed by atoms with Crippen LogP contribution in [-0.2, 0) is 0 Å². The fraction of sp³-hybridized carbons (Fsp3) is 0.818. The van der Waals surface area contributed by atoms with Gasteiger partial charge in [-0.2, -0.15) is 0 Å². The maximum Gasteiger partial charge on any atom is 0.0612 e. The minimum atomic E-state index is 0.199. The molecule has 1 aliphatic rings. The minimum absolute atomic E-state index is 0.199. The zero-order valence-electron chi connectivity index (χ0n) is 7.84. The van der Waals surface area contributed by atoms with E-state index in [0.717, 1.165) is 12.3 Å². The topological polar surface area (TPSA) is 20.2 Å². The highest BCUT2D eigenvalue weighted by atomic mass is 16.2. The molecule has 1 heteroatoms. The Bertz CT molecular complexity index is 123. The zero-order valence-corrected chi connectivity index (χ0v) is 7.84. The number of aliphatic hydroxyl groups is 1. The van der Waals surface area contributed by atoms with E-state index in [4.69, 9.17) is 5.11 Å². The molecule has 1 aliphatic carbocycles. The smallest absolute Gasteiger partial charge is 0.0612 e. The molecule has 0 saturated heterocycles. The molecule has 1 fully saturated rings. The van der Waals surface area contributed by atoms with Crippen LogP contribution in [-0.4, -0.2) is 11.7 Å². The predicted octanol–water partition coefficient (Wildman–Crippen LogP) is 2.90. The first-order chi connectivity index (χ1) is 5.93. The van der Waals surface area contributed by atoms with Gasteiger partial charge < -0.3 is 5.11 Å². The number of hydrogen-bond donors (Lipinski definition) is 1. The third-order valence-electron chi connectivity index (χ3n) is 2.74. The molecule has 0 spiro atoms. The standard InChI is InChI=1S/C11H20O/c12-10-6-2-5-9-11-7-3-1-4-8-11/h2,6,11-12H,1,3-5,7-10H2/b6-2+. The van der Waals surface area contributed by atoms with E-state index < -0.39 is 0 Å². The second kappa shape index (κ2) is 6.24. The number of rotatable bonds is 4. The van der Waals surface area contributed by atoms with Crippen molar-refractivity contribution in [2.45, 2.75) is 44.9 Å². The first-order valence-corrected chi connectivity index (χ1v) is 5.19. The molecule has 1 N–H and O–H groups in total. The first-order valence-electron chi connectivity index (χ1n) is 5.19. The number of hydrogen-bond acceptors (Lipinski definition) is 1. The summed E-state index contributed by atoms with van der Waals surface area (Å²) in [5.41, 5.74) is 0. The summed E-state index contributed by atoms with van der Waals surface area (Å²) < 4.78 is 0. The Balaban J connectivity index is 2.01. The SMILES string of the molecule is OC/C=C/CCC1CCCCC1. The lowest BCUT2D eigenvalue weighted by Gasteiger charge is -2.20. The summed E-state index contributed by atoms with van der Waals surface area (Å²) in [5, 5.41) is 8.52. The molecule has 0 aromatic carbocycles. The van der Waals surface area contributed by atoms with Gasteiger partial charge in [0.15, 0.2) is 0 Å². The van der Waals surface area contributed by atoms with Gasteiger partial charge in [-0.15, -0.1) is 0 Å². The summed E-state index contributed by atoms with van der Waals surface area (Å²) in [4.78, 5) is 0. The first kappa shape index (κ1) is 9.79. The maximum absolute atomic E-state index is 8.52. The van der Waals surface area contributed by atoms with Crippen molar-refractivity contribution < 1.29 is 5.11 Å². The van der Waals surface area contributed by atoms with Crippen LogP contribution in [0.2, 0.25) is 0 Å². The summed E-state index contributed by atoms with van der Waals surface area (Å²) >= 11 is 0. The summed E-state index contributed by atoms with van der Waals surface area (Å²) in [6.45, 7) is 0.199. The van der Waals surface area contributed by atoms with E-state index in [1.807, 2.05) is 6.08 Å². The lowest BCUT2D eigenvalue weighted by atomic mass is 9.86. The highest BCUT2D eigenvalue weighted by Gasteiger charge is 2.11. The van der Waals surface area contributed by atoms with E-state index in [-0.39, 0.29) is 6.61 Å². The molecule has 0 amide bonds. The molecule has 0 atom stereocenters. The summed E-state index contributed by atoms with van der Waals surface area (Å²) in [6, 6.07) is 0. The molecule has 0 heterocycles. The van der Waals surface area contributed by atoms with Crippen molar-refractivity contribution in [3.8, 4) is 0 Å². The quantitative estimate of drug-likeness (QED) is 0.640. The van der Waals surface area contributed by atoms with Crippen molar-refractivity contribution in [2.75, 3.05) is 6.61 Å². The maximum atomic E-state index is 8.52. The highest BCUT2D eigenvalue weighted by molar-refractivity contribution is 4.81. The molecule has 70 valence electrons. The minimum Gasteiger partial charge on any atom is -0.392 e. The lowest BCUT2D eigenvalue weighted by molar-refractivity contribution is 0.336. The van der Waals surface area contributed by atoms with Crippen molar-refractivity contribution in [1.29, 1.82) is 0 Å². The van der Waals surface area contributed by atoms with Crippen molar-refractivity contribution in [1.82, 2.24) is 0 Å². The van der Waals surface area contributed by atoms with Crippen LogP contribution in [0, 0.1) is 5.92 Å². The Labute approximate surface area is 75.5 Å². The largest absolute Gasteiger partial charge is 0.392 e. The Morgan fingerprint density at radius 2 is 1.83 bits per heavy atom. The normalized spacial score (nSPS) is 20.4. The van der Waals surface area contributed by atoms with Crippen LogP contribution in [0.3, 0.4) is 0 Å². The van der Waals surface area contributed by atoms with Gasteiger partial charge >= 0.3 is 0 Å². The average Bonchev–Trinajstić information content (AvgIpc) is 2.14. The summed E-state index contributed by atoms with van der Waals surface area (Å²) in [5.74, 6) is 0.974. The highest BCUT2D eigenvalue weighted by Crippen LogP contribution is 2.27. The van der Waals surface area contributed by atoms with E-state index in [0.29, 0.717) is 0 Å². The summed E-state index contributed by atoms with van der Waals surface area (Å²) in [6.07, 6.45) is 13.6.